The van der Waals surface area contributed by atoms with E-state index in [1.54, 1.807) is 0 Å². The van der Waals surface area contributed by atoms with Gasteiger partial charge in [-0.25, -0.2) is 0 Å². The molecule has 0 spiro atoms. The van der Waals surface area contributed by atoms with E-state index in [9.17, 15) is 0 Å². The molecule has 0 saturated heterocycles. The molecule has 2 heteroatoms. The van der Waals surface area contributed by atoms with Gasteiger partial charge in [0.25, 0.3) is 0 Å². The monoisotopic (exact) mass is 832 g/mol. The third kappa shape index (κ3) is 6.73. The second-order valence-corrected chi connectivity index (χ2v) is 18.1. The Labute approximate surface area is 382 Å². The molecule has 0 N–H and O–H groups in total. The third-order valence-electron chi connectivity index (χ3n) is 13.9. The Morgan fingerprint density at radius 3 is 1.52 bits per heavy atom. The van der Waals surface area contributed by atoms with E-state index in [4.69, 9.17) is 0 Å². The lowest BCUT2D eigenvalue weighted by Crippen LogP contribution is -2.16. The van der Waals surface area contributed by atoms with Crippen molar-refractivity contribution in [3.63, 3.8) is 0 Å². The van der Waals surface area contributed by atoms with Crippen molar-refractivity contribution in [2.75, 3.05) is 4.90 Å². The average Bonchev–Trinajstić information content (AvgIpc) is 3.82. The fourth-order valence-corrected chi connectivity index (χ4v) is 10.5. The van der Waals surface area contributed by atoms with E-state index in [1.165, 1.54) is 94.6 Å². The fourth-order valence-electron chi connectivity index (χ4n) is 10.5. The van der Waals surface area contributed by atoms with E-state index in [2.05, 4.69) is 254 Å². The first-order valence-electron chi connectivity index (χ1n) is 22.9. The van der Waals surface area contributed by atoms with Gasteiger partial charge < -0.3 is 9.47 Å². The zero-order valence-corrected chi connectivity index (χ0v) is 36.7. The van der Waals surface area contributed by atoms with E-state index in [0.29, 0.717) is 0 Å². The van der Waals surface area contributed by atoms with Crippen molar-refractivity contribution in [3.05, 3.63) is 247 Å². The van der Waals surface area contributed by atoms with Crippen molar-refractivity contribution in [3.8, 4) is 61.3 Å². The Bertz CT molecular complexity index is 3330. The minimum absolute atomic E-state index is 0.210. The molecule has 1 heterocycles. The summed E-state index contributed by atoms with van der Waals surface area (Å²) in [6.07, 6.45) is 6.76. The van der Waals surface area contributed by atoms with E-state index in [-0.39, 0.29) is 5.41 Å². The summed E-state index contributed by atoms with van der Waals surface area (Å²) >= 11 is 0. The number of fused-ring (bicyclic) bond motifs is 6. The van der Waals surface area contributed by atoms with Crippen LogP contribution in [0, 0.1) is 0 Å². The Morgan fingerprint density at radius 1 is 0.415 bits per heavy atom. The molecule has 0 aliphatic heterocycles. The van der Waals surface area contributed by atoms with Crippen LogP contribution < -0.4 is 4.90 Å². The molecule has 0 unspecified atom stereocenters. The van der Waals surface area contributed by atoms with Crippen molar-refractivity contribution in [2.45, 2.75) is 32.1 Å². The van der Waals surface area contributed by atoms with Crippen molar-refractivity contribution in [1.29, 1.82) is 0 Å². The van der Waals surface area contributed by atoms with Crippen molar-refractivity contribution in [2.24, 2.45) is 0 Å². The molecule has 2 nitrogen and oxygen atoms in total. The van der Waals surface area contributed by atoms with Crippen LogP contribution in [0.3, 0.4) is 0 Å². The molecule has 2 aliphatic rings. The van der Waals surface area contributed by atoms with E-state index < -0.39 is 0 Å². The van der Waals surface area contributed by atoms with E-state index >= 15 is 0 Å². The minimum Gasteiger partial charge on any atom is -0.310 e. The smallest absolute Gasteiger partial charge is 0.0538 e. The van der Waals surface area contributed by atoms with Gasteiger partial charge in [-0.1, -0.05) is 166 Å². The highest BCUT2D eigenvalue weighted by Gasteiger charge is 2.36. The molecule has 0 fully saturated rings. The third-order valence-corrected chi connectivity index (χ3v) is 13.9. The molecule has 0 atom stereocenters. The largest absolute Gasteiger partial charge is 0.310 e. The molecule has 0 saturated carbocycles. The molecule has 0 radical (unpaired) electrons. The topological polar surface area (TPSA) is 8.17 Å². The summed E-state index contributed by atoms with van der Waals surface area (Å²) in [4.78, 5) is 2.40. The fraction of sp³-hybridized carbons (Fsp3) is 0.0794. The maximum atomic E-state index is 2.45. The Kier molecular flexibility index (Phi) is 9.35. The van der Waals surface area contributed by atoms with Crippen LogP contribution in [-0.2, 0) is 11.8 Å². The molecule has 10 aromatic rings. The lowest BCUT2D eigenvalue weighted by molar-refractivity contribution is 0.660. The van der Waals surface area contributed by atoms with E-state index in [0.717, 1.165) is 29.9 Å². The highest BCUT2D eigenvalue weighted by atomic mass is 15.1. The molecule has 9 aromatic carbocycles. The van der Waals surface area contributed by atoms with Crippen molar-refractivity contribution < 1.29 is 0 Å². The van der Waals surface area contributed by atoms with Gasteiger partial charge in [0.1, 0.15) is 0 Å². The second kappa shape index (κ2) is 15.7. The summed E-state index contributed by atoms with van der Waals surface area (Å²) < 4.78 is 2.43. The number of anilines is 3. The predicted octanol–water partition coefficient (Wildman–Crippen LogP) is 17.0. The molecular weight excluding hydrogens is 785 g/mol. The summed E-state index contributed by atoms with van der Waals surface area (Å²) in [5.74, 6) is 0. The Morgan fingerprint density at radius 2 is 0.892 bits per heavy atom. The van der Waals surface area contributed by atoms with Crippen LogP contribution >= 0.6 is 0 Å². The number of nitrogens with zero attached hydrogens (tertiary/aromatic N) is 2. The lowest BCUT2D eigenvalue weighted by Gasteiger charge is -2.28. The van der Waals surface area contributed by atoms with Gasteiger partial charge in [-0.3, -0.25) is 0 Å². The van der Waals surface area contributed by atoms with Gasteiger partial charge in [0, 0.05) is 39.2 Å². The summed E-state index contributed by atoms with van der Waals surface area (Å²) in [7, 11) is 0. The quantitative estimate of drug-likeness (QED) is 0.148. The predicted molar refractivity (Wildman–Crippen MR) is 275 cm³/mol. The highest BCUT2D eigenvalue weighted by molar-refractivity contribution is 5.95. The van der Waals surface area contributed by atoms with Gasteiger partial charge in [0.2, 0.25) is 0 Å². The maximum Gasteiger partial charge on any atom is 0.0538 e. The van der Waals surface area contributed by atoms with Gasteiger partial charge in [0.15, 0.2) is 0 Å². The summed E-state index contributed by atoms with van der Waals surface area (Å²) in [5.41, 5.74) is 23.5. The number of benzene rings is 9. The Balaban J connectivity index is 0.892. The first-order valence-corrected chi connectivity index (χ1v) is 22.9. The highest BCUT2D eigenvalue weighted by Crippen LogP contribution is 2.52. The molecule has 310 valence electrons. The molecular formula is C63H48N2. The van der Waals surface area contributed by atoms with Crippen LogP contribution in [0.2, 0.25) is 0 Å². The van der Waals surface area contributed by atoms with Crippen LogP contribution in [0.1, 0.15) is 42.7 Å². The van der Waals surface area contributed by atoms with Gasteiger partial charge >= 0.3 is 0 Å². The molecule has 1 aromatic heterocycles. The number of aryl methyl sites for hydroxylation is 1. The van der Waals surface area contributed by atoms with E-state index in [1.807, 2.05) is 0 Å². The van der Waals surface area contributed by atoms with Crippen LogP contribution in [0.4, 0.5) is 17.1 Å². The zero-order valence-electron chi connectivity index (χ0n) is 36.7. The first-order chi connectivity index (χ1) is 32.0. The molecule has 0 amide bonds. The van der Waals surface area contributed by atoms with Gasteiger partial charge in [-0.2, -0.15) is 0 Å². The summed E-state index contributed by atoms with van der Waals surface area (Å²) in [6.45, 7) is 4.78. The van der Waals surface area contributed by atoms with Gasteiger partial charge in [0.05, 0.1) is 5.52 Å². The number of hydrogen-bond acceptors (Lipinski definition) is 1. The first kappa shape index (κ1) is 38.7. The molecule has 65 heavy (non-hydrogen) atoms. The van der Waals surface area contributed by atoms with Crippen molar-refractivity contribution in [1.82, 2.24) is 4.57 Å². The number of hydrogen-bond donors (Lipinski definition) is 0. The van der Waals surface area contributed by atoms with Crippen LogP contribution in [0.15, 0.2) is 224 Å². The molecule has 2 aliphatic carbocycles. The Hall–Kier alpha value is -7.94. The molecule has 12 rings (SSSR count). The molecule has 0 bridgehead atoms. The number of allylic oxidation sites excluding steroid dienone is 1. The van der Waals surface area contributed by atoms with Gasteiger partial charge in [-0.15, -0.1) is 0 Å². The minimum atomic E-state index is -0.210. The standard InChI is InChI=1S/C63H48N2/c1-63(2)59-41-50(48-20-14-19-47(39-48)49-30-38-62-58(40-49)57-23-12-13-24-61(57)65(62)51-21-10-5-11-22-51)29-36-55(59)56-37-35-54(42-60(56)63)64(52-31-25-45(26-32-52)43-15-6-3-7-16-43)53-33-27-46(28-34-53)44-17-8-4-9-18-44/h3-11,13-22,24-42H,12,23H2,1-2H3. The number of aromatic nitrogens is 1. The van der Waals surface area contributed by atoms with Crippen LogP contribution in [0.25, 0.3) is 78.3 Å². The maximum absolute atomic E-state index is 2.45. The lowest BCUT2D eigenvalue weighted by atomic mass is 9.81. The normalized spacial score (nSPS) is 13.3. The summed E-state index contributed by atoms with van der Waals surface area (Å²) in [6, 6.07) is 80.3. The SMILES string of the molecule is CC1(C)c2cc(-c3cccc(-c4ccc5c(c4)c4c(n5-c5ccccc5)C=CCC4)c3)ccc2-c2ccc(N(c3ccc(-c4ccccc4)cc3)c3ccc(-c4ccccc4)cc3)cc21. The summed E-state index contributed by atoms with van der Waals surface area (Å²) in [5, 5.41) is 1.35. The van der Waals surface area contributed by atoms with Crippen LogP contribution in [0.5, 0.6) is 0 Å². The average molecular weight is 833 g/mol. The van der Waals surface area contributed by atoms with Crippen molar-refractivity contribution >= 4 is 34.0 Å². The second-order valence-electron chi connectivity index (χ2n) is 18.1. The number of rotatable bonds is 8. The number of para-hydroxylation sites is 1. The van der Waals surface area contributed by atoms with Gasteiger partial charge in [-0.05, 0) is 164 Å². The zero-order chi connectivity index (χ0) is 43.5. The van der Waals surface area contributed by atoms with Crippen LogP contribution in [-0.4, -0.2) is 4.57 Å².